The fourth-order valence-electron chi connectivity index (χ4n) is 3.69. The van der Waals surface area contributed by atoms with Crippen LogP contribution in [-0.4, -0.2) is 52.4 Å². The van der Waals surface area contributed by atoms with Gasteiger partial charge in [0, 0.05) is 13.1 Å². The van der Waals surface area contributed by atoms with Gasteiger partial charge in [0.25, 0.3) is 5.91 Å². The summed E-state index contributed by atoms with van der Waals surface area (Å²) >= 11 is 0. The fourth-order valence-corrected chi connectivity index (χ4v) is 3.69. The number of aliphatic hydroxyl groups is 1. The molecule has 1 saturated heterocycles. The van der Waals surface area contributed by atoms with Crippen LogP contribution < -0.4 is 10.8 Å². The third kappa shape index (κ3) is 5.13. The lowest BCUT2D eigenvalue weighted by Gasteiger charge is -2.33. The number of hydrogen-bond donors (Lipinski definition) is 4. The zero-order valence-electron chi connectivity index (χ0n) is 16.4. The normalized spacial score (nSPS) is 16.7. The number of aliphatic hydroxyl groups excluding tert-OH is 1. The summed E-state index contributed by atoms with van der Waals surface area (Å²) in [5.74, 6) is -0.473. The monoisotopic (exact) mass is 397 g/mol. The Kier molecular flexibility index (Phi) is 6.85. The van der Waals surface area contributed by atoms with Gasteiger partial charge in [-0.2, -0.15) is 0 Å². The first kappa shape index (κ1) is 20.8. The molecule has 0 bridgehead atoms. The van der Waals surface area contributed by atoms with Gasteiger partial charge in [-0.1, -0.05) is 54.6 Å². The van der Waals surface area contributed by atoms with E-state index in [1.165, 1.54) is 29.1 Å². The fraction of sp³-hybridized carbons (Fsp3) is 0.364. The Labute approximate surface area is 170 Å². The average Bonchev–Trinajstić information content (AvgIpc) is 2.77. The van der Waals surface area contributed by atoms with E-state index in [0.717, 1.165) is 12.8 Å². The van der Waals surface area contributed by atoms with E-state index < -0.39 is 24.1 Å². The number of hydrogen-bond acceptors (Lipinski definition) is 4. The van der Waals surface area contributed by atoms with Crippen LogP contribution in [0.2, 0.25) is 0 Å². The molecule has 0 aliphatic carbocycles. The maximum Gasteiger partial charge on any atom is 0.318 e. The van der Waals surface area contributed by atoms with E-state index in [9.17, 15) is 14.7 Å². The number of urea groups is 1. The summed E-state index contributed by atoms with van der Waals surface area (Å²) in [6.07, 6.45) is 0.527. The molecule has 2 aromatic carbocycles. The summed E-state index contributed by atoms with van der Waals surface area (Å²) in [5.41, 5.74) is 5.09. The Morgan fingerprint density at radius 2 is 1.59 bits per heavy atom. The lowest BCUT2D eigenvalue weighted by atomic mass is 9.88. The van der Waals surface area contributed by atoms with E-state index in [1.807, 2.05) is 18.2 Å². The van der Waals surface area contributed by atoms with Gasteiger partial charge < -0.3 is 15.3 Å². The van der Waals surface area contributed by atoms with E-state index in [4.69, 9.17) is 5.21 Å². The standard InChI is InChI=1S/C22H27N3O4/c1-15(26)20(21(27)24-29)23-22(28)25-13-11-19(12-14-25)18-9-7-17(8-10-18)16-5-3-2-4-6-16/h2-10,15,19-20,26,29H,11-14H2,1H3,(H,23,28)(H,24,27)/t15-,20+/m0/s1. The Hall–Kier alpha value is -2.90. The number of rotatable bonds is 5. The van der Waals surface area contributed by atoms with Crippen LogP contribution in [0, 0.1) is 0 Å². The first-order valence-corrected chi connectivity index (χ1v) is 9.82. The second-order valence-electron chi connectivity index (χ2n) is 7.39. The predicted octanol–water partition coefficient (Wildman–Crippen LogP) is 2.50. The Morgan fingerprint density at radius 1 is 1.00 bits per heavy atom. The zero-order valence-corrected chi connectivity index (χ0v) is 16.4. The molecule has 0 saturated carbocycles. The quantitative estimate of drug-likeness (QED) is 0.460. The lowest BCUT2D eigenvalue weighted by molar-refractivity contribution is -0.133. The van der Waals surface area contributed by atoms with E-state index in [2.05, 4.69) is 41.7 Å². The highest BCUT2D eigenvalue weighted by atomic mass is 16.5. The van der Waals surface area contributed by atoms with Crippen molar-refractivity contribution in [3.8, 4) is 11.1 Å². The molecule has 0 radical (unpaired) electrons. The highest BCUT2D eigenvalue weighted by molar-refractivity contribution is 5.86. The van der Waals surface area contributed by atoms with E-state index in [1.54, 1.807) is 4.90 Å². The van der Waals surface area contributed by atoms with E-state index in [0.29, 0.717) is 19.0 Å². The second kappa shape index (κ2) is 9.54. The Balaban J connectivity index is 1.56. The highest BCUT2D eigenvalue weighted by Gasteiger charge is 2.29. The number of nitrogens with zero attached hydrogens (tertiary/aromatic N) is 1. The number of carbonyl (C=O) groups is 2. The van der Waals surface area contributed by atoms with Gasteiger partial charge in [0.2, 0.25) is 0 Å². The van der Waals surface area contributed by atoms with Gasteiger partial charge in [-0.15, -0.1) is 0 Å². The van der Waals surface area contributed by atoms with Crippen molar-refractivity contribution in [2.24, 2.45) is 0 Å². The topological polar surface area (TPSA) is 102 Å². The largest absolute Gasteiger partial charge is 0.391 e. The second-order valence-corrected chi connectivity index (χ2v) is 7.39. The highest BCUT2D eigenvalue weighted by Crippen LogP contribution is 2.30. The van der Waals surface area contributed by atoms with Crippen LogP contribution >= 0.6 is 0 Å². The molecule has 7 nitrogen and oxygen atoms in total. The third-order valence-electron chi connectivity index (χ3n) is 5.43. The molecule has 2 aromatic rings. The van der Waals surface area contributed by atoms with Crippen molar-refractivity contribution in [2.45, 2.75) is 37.8 Å². The van der Waals surface area contributed by atoms with Crippen molar-refractivity contribution in [3.63, 3.8) is 0 Å². The minimum Gasteiger partial charge on any atom is -0.391 e. The molecule has 1 heterocycles. The molecule has 3 amide bonds. The van der Waals surface area contributed by atoms with Crippen LogP contribution in [-0.2, 0) is 4.79 Å². The van der Waals surface area contributed by atoms with Gasteiger partial charge in [-0.3, -0.25) is 10.0 Å². The average molecular weight is 397 g/mol. The molecular formula is C22H27N3O4. The van der Waals surface area contributed by atoms with Crippen LogP contribution in [0.25, 0.3) is 11.1 Å². The first-order chi connectivity index (χ1) is 14.0. The minimum absolute atomic E-state index is 0.372. The molecule has 1 aliphatic rings. The van der Waals surface area contributed by atoms with Gasteiger partial charge in [-0.05, 0) is 42.4 Å². The van der Waals surface area contributed by atoms with Gasteiger partial charge in [0.05, 0.1) is 6.10 Å². The summed E-state index contributed by atoms with van der Waals surface area (Å²) in [6, 6.07) is 17.2. The predicted molar refractivity (Wildman–Crippen MR) is 109 cm³/mol. The number of piperidine rings is 1. The summed E-state index contributed by atoms with van der Waals surface area (Å²) in [5, 5.41) is 20.9. The molecule has 0 aromatic heterocycles. The smallest absolute Gasteiger partial charge is 0.318 e. The molecular weight excluding hydrogens is 370 g/mol. The van der Waals surface area contributed by atoms with Gasteiger partial charge in [0.15, 0.2) is 0 Å². The molecule has 0 unspecified atom stereocenters. The van der Waals surface area contributed by atoms with Crippen LogP contribution in [0.4, 0.5) is 4.79 Å². The van der Waals surface area contributed by atoms with Crippen LogP contribution in [0.3, 0.4) is 0 Å². The number of nitrogens with one attached hydrogen (secondary N) is 2. The summed E-state index contributed by atoms with van der Waals surface area (Å²) in [4.78, 5) is 25.6. The van der Waals surface area contributed by atoms with Crippen molar-refractivity contribution in [3.05, 3.63) is 60.2 Å². The van der Waals surface area contributed by atoms with Gasteiger partial charge >= 0.3 is 6.03 Å². The van der Waals surface area contributed by atoms with Crippen LogP contribution in [0.1, 0.15) is 31.2 Å². The molecule has 1 fully saturated rings. The molecule has 7 heteroatoms. The summed E-state index contributed by atoms with van der Waals surface area (Å²) < 4.78 is 0. The van der Waals surface area contributed by atoms with Crippen molar-refractivity contribution in [2.75, 3.05) is 13.1 Å². The summed E-state index contributed by atoms with van der Waals surface area (Å²) in [7, 11) is 0. The number of amides is 3. The zero-order chi connectivity index (χ0) is 20.8. The molecule has 29 heavy (non-hydrogen) atoms. The van der Waals surface area contributed by atoms with Gasteiger partial charge in [-0.25, -0.2) is 10.3 Å². The third-order valence-corrected chi connectivity index (χ3v) is 5.43. The number of likely N-dealkylation sites (tertiary alicyclic amines) is 1. The van der Waals surface area contributed by atoms with E-state index >= 15 is 0 Å². The van der Waals surface area contributed by atoms with Crippen molar-refractivity contribution >= 4 is 11.9 Å². The SMILES string of the molecule is C[C@H](O)[C@@H](NC(=O)N1CCC(c2ccc(-c3ccccc3)cc2)CC1)C(=O)NO. The van der Waals surface area contributed by atoms with Crippen molar-refractivity contribution in [1.29, 1.82) is 0 Å². The molecule has 1 aliphatic heterocycles. The number of hydroxylamine groups is 1. The Bertz CT molecular complexity index is 816. The number of carbonyl (C=O) groups excluding carboxylic acids is 2. The number of benzene rings is 2. The molecule has 0 spiro atoms. The molecule has 2 atom stereocenters. The van der Waals surface area contributed by atoms with Crippen molar-refractivity contribution in [1.82, 2.24) is 15.7 Å². The minimum atomic E-state index is -1.20. The van der Waals surface area contributed by atoms with Crippen molar-refractivity contribution < 1.29 is 19.9 Å². The summed E-state index contributed by atoms with van der Waals surface area (Å²) in [6.45, 7) is 2.50. The maximum absolute atomic E-state index is 12.4. The van der Waals surface area contributed by atoms with Crippen LogP contribution in [0.5, 0.6) is 0 Å². The molecule has 154 valence electrons. The van der Waals surface area contributed by atoms with E-state index in [-0.39, 0.29) is 0 Å². The Morgan fingerprint density at radius 3 is 2.14 bits per heavy atom. The van der Waals surface area contributed by atoms with Crippen LogP contribution in [0.15, 0.2) is 54.6 Å². The first-order valence-electron chi connectivity index (χ1n) is 9.82. The lowest BCUT2D eigenvalue weighted by Crippen LogP contribution is -2.56. The molecule has 3 rings (SSSR count). The molecule has 4 N–H and O–H groups in total. The van der Waals surface area contributed by atoms with Gasteiger partial charge in [0.1, 0.15) is 6.04 Å². The maximum atomic E-state index is 12.4.